The Labute approximate surface area is 127 Å². The normalized spacial score (nSPS) is 23.9. The molecule has 0 radical (unpaired) electrons. The molecular formula is C16H18BrNS. The van der Waals surface area contributed by atoms with Crippen LogP contribution >= 0.6 is 27.3 Å². The summed E-state index contributed by atoms with van der Waals surface area (Å²) in [6.45, 7) is 2.26. The van der Waals surface area contributed by atoms with Crippen molar-refractivity contribution in [1.82, 2.24) is 5.32 Å². The zero-order valence-electron chi connectivity index (χ0n) is 11.0. The molecule has 1 saturated carbocycles. The lowest BCUT2D eigenvalue weighted by Crippen LogP contribution is -2.41. The number of halogens is 1. The van der Waals surface area contributed by atoms with E-state index in [2.05, 4.69) is 69.9 Å². The molecule has 1 fully saturated rings. The average Bonchev–Trinajstić information content (AvgIpc) is 2.86. The molecule has 3 heteroatoms. The van der Waals surface area contributed by atoms with Gasteiger partial charge in [-0.05, 0) is 54.8 Å². The second kappa shape index (κ2) is 5.78. The summed E-state index contributed by atoms with van der Waals surface area (Å²) >= 11 is 5.39. The standard InChI is InChI=1S/C16H18BrNS/c1-11(16-6-3-7-19-16)18-15-9-13(10-15)12-4-2-5-14(17)8-12/h2-8,11,13,15,18H,9-10H2,1H3/t11-,13?,15?/m1/s1. The lowest BCUT2D eigenvalue weighted by Gasteiger charge is -2.38. The minimum absolute atomic E-state index is 0.480. The van der Waals surface area contributed by atoms with Gasteiger partial charge in [-0.25, -0.2) is 0 Å². The highest BCUT2D eigenvalue weighted by molar-refractivity contribution is 9.10. The molecule has 0 spiro atoms. The molecule has 1 atom stereocenters. The summed E-state index contributed by atoms with van der Waals surface area (Å²) in [5.74, 6) is 0.727. The summed E-state index contributed by atoms with van der Waals surface area (Å²) in [5.41, 5.74) is 1.47. The summed E-state index contributed by atoms with van der Waals surface area (Å²) in [4.78, 5) is 1.44. The Bertz CT molecular complexity index is 531. The highest BCUT2D eigenvalue weighted by Crippen LogP contribution is 2.38. The van der Waals surface area contributed by atoms with E-state index in [0.717, 1.165) is 5.92 Å². The molecule has 0 aliphatic heterocycles. The van der Waals surface area contributed by atoms with Crippen LogP contribution in [0.3, 0.4) is 0 Å². The first-order valence-electron chi connectivity index (χ1n) is 6.77. The van der Waals surface area contributed by atoms with Crippen LogP contribution in [0.5, 0.6) is 0 Å². The molecule has 19 heavy (non-hydrogen) atoms. The van der Waals surface area contributed by atoms with E-state index in [1.54, 1.807) is 0 Å². The Morgan fingerprint density at radius 2 is 2.11 bits per heavy atom. The smallest absolute Gasteiger partial charge is 0.0388 e. The number of thiophene rings is 1. The number of benzene rings is 1. The molecule has 1 nitrogen and oxygen atoms in total. The molecular weight excluding hydrogens is 318 g/mol. The molecule has 2 aromatic rings. The first kappa shape index (κ1) is 13.3. The van der Waals surface area contributed by atoms with Gasteiger partial charge in [-0.2, -0.15) is 0 Å². The molecule has 3 rings (SSSR count). The maximum Gasteiger partial charge on any atom is 0.0388 e. The lowest BCUT2D eigenvalue weighted by molar-refractivity contribution is 0.272. The van der Waals surface area contributed by atoms with Crippen LogP contribution in [0.15, 0.2) is 46.3 Å². The second-order valence-electron chi connectivity index (χ2n) is 5.32. The highest BCUT2D eigenvalue weighted by Gasteiger charge is 2.31. The maximum atomic E-state index is 3.73. The zero-order chi connectivity index (χ0) is 13.2. The molecule has 0 saturated heterocycles. The number of nitrogens with one attached hydrogen (secondary N) is 1. The van der Waals surface area contributed by atoms with Crippen LogP contribution < -0.4 is 5.32 Å². The van der Waals surface area contributed by atoms with Crippen molar-refractivity contribution in [2.75, 3.05) is 0 Å². The number of hydrogen-bond donors (Lipinski definition) is 1. The van der Waals surface area contributed by atoms with Gasteiger partial charge in [0.25, 0.3) is 0 Å². The van der Waals surface area contributed by atoms with Crippen molar-refractivity contribution in [2.45, 2.75) is 37.8 Å². The third kappa shape index (κ3) is 3.10. The Balaban J connectivity index is 1.53. The van der Waals surface area contributed by atoms with Crippen LogP contribution in [0.4, 0.5) is 0 Å². The Morgan fingerprint density at radius 1 is 1.26 bits per heavy atom. The van der Waals surface area contributed by atoms with Gasteiger partial charge in [-0.3, -0.25) is 0 Å². The Morgan fingerprint density at radius 3 is 2.79 bits per heavy atom. The SMILES string of the molecule is C[C@@H](NC1CC(c2cccc(Br)c2)C1)c1cccs1. The average molecular weight is 336 g/mol. The summed E-state index contributed by atoms with van der Waals surface area (Å²) < 4.78 is 1.19. The Kier molecular flexibility index (Phi) is 4.06. The van der Waals surface area contributed by atoms with E-state index >= 15 is 0 Å². The fourth-order valence-electron chi connectivity index (χ4n) is 2.76. The van der Waals surface area contributed by atoms with E-state index in [1.807, 2.05) is 11.3 Å². The summed E-state index contributed by atoms with van der Waals surface area (Å²) in [6, 6.07) is 14.2. The van der Waals surface area contributed by atoms with E-state index in [9.17, 15) is 0 Å². The fraction of sp³-hybridized carbons (Fsp3) is 0.375. The van der Waals surface area contributed by atoms with Crippen LogP contribution in [-0.2, 0) is 0 Å². The van der Waals surface area contributed by atoms with Crippen LogP contribution in [0.2, 0.25) is 0 Å². The molecule has 0 bridgehead atoms. The van der Waals surface area contributed by atoms with Gasteiger partial charge < -0.3 is 5.32 Å². The molecule has 1 N–H and O–H groups in total. The van der Waals surface area contributed by atoms with Gasteiger partial charge in [-0.1, -0.05) is 34.1 Å². The summed E-state index contributed by atoms with van der Waals surface area (Å²) in [5, 5.41) is 5.88. The molecule has 1 aliphatic carbocycles. The minimum Gasteiger partial charge on any atom is -0.307 e. The highest BCUT2D eigenvalue weighted by atomic mass is 79.9. The number of hydrogen-bond acceptors (Lipinski definition) is 2. The van der Waals surface area contributed by atoms with Gasteiger partial charge in [0.05, 0.1) is 0 Å². The van der Waals surface area contributed by atoms with Crippen molar-refractivity contribution >= 4 is 27.3 Å². The topological polar surface area (TPSA) is 12.0 Å². The zero-order valence-corrected chi connectivity index (χ0v) is 13.4. The van der Waals surface area contributed by atoms with Gasteiger partial charge in [0, 0.05) is 21.4 Å². The van der Waals surface area contributed by atoms with Crippen molar-refractivity contribution < 1.29 is 0 Å². The van der Waals surface area contributed by atoms with Crippen LogP contribution in [-0.4, -0.2) is 6.04 Å². The minimum atomic E-state index is 0.480. The van der Waals surface area contributed by atoms with Crippen molar-refractivity contribution in [3.05, 3.63) is 56.7 Å². The van der Waals surface area contributed by atoms with Gasteiger partial charge in [0.15, 0.2) is 0 Å². The van der Waals surface area contributed by atoms with Gasteiger partial charge >= 0.3 is 0 Å². The summed E-state index contributed by atoms with van der Waals surface area (Å²) in [6.07, 6.45) is 2.51. The second-order valence-corrected chi connectivity index (χ2v) is 7.22. The fourth-order valence-corrected chi connectivity index (χ4v) is 3.92. The van der Waals surface area contributed by atoms with E-state index in [-0.39, 0.29) is 0 Å². The molecule has 0 unspecified atom stereocenters. The van der Waals surface area contributed by atoms with Gasteiger partial charge in [0.1, 0.15) is 0 Å². The van der Waals surface area contributed by atoms with E-state index < -0.39 is 0 Å². The number of rotatable bonds is 4. The molecule has 1 aliphatic rings. The van der Waals surface area contributed by atoms with Gasteiger partial charge in [-0.15, -0.1) is 11.3 Å². The van der Waals surface area contributed by atoms with Crippen LogP contribution in [0, 0.1) is 0 Å². The van der Waals surface area contributed by atoms with E-state index in [1.165, 1.54) is 27.8 Å². The first-order valence-corrected chi connectivity index (χ1v) is 8.44. The molecule has 1 aromatic heterocycles. The van der Waals surface area contributed by atoms with E-state index in [4.69, 9.17) is 0 Å². The molecule has 1 heterocycles. The quantitative estimate of drug-likeness (QED) is 0.818. The van der Waals surface area contributed by atoms with Crippen LogP contribution in [0.1, 0.15) is 42.2 Å². The van der Waals surface area contributed by atoms with E-state index in [0.29, 0.717) is 12.1 Å². The largest absolute Gasteiger partial charge is 0.307 e. The van der Waals surface area contributed by atoms with Crippen molar-refractivity contribution in [2.24, 2.45) is 0 Å². The maximum absolute atomic E-state index is 3.73. The Hall–Kier alpha value is -0.640. The molecule has 1 aromatic carbocycles. The molecule has 0 amide bonds. The summed E-state index contributed by atoms with van der Waals surface area (Å²) in [7, 11) is 0. The lowest BCUT2D eigenvalue weighted by atomic mass is 9.75. The van der Waals surface area contributed by atoms with Crippen molar-refractivity contribution in [3.63, 3.8) is 0 Å². The van der Waals surface area contributed by atoms with Crippen molar-refractivity contribution in [3.8, 4) is 0 Å². The third-order valence-electron chi connectivity index (χ3n) is 3.91. The predicted molar refractivity (Wildman–Crippen MR) is 85.8 cm³/mol. The monoisotopic (exact) mass is 335 g/mol. The third-order valence-corrected chi connectivity index (χ3v) is 5.46. The predicted octanol–water partition coefficient (Wildman–Crippen LogP) is 5.11. The van der Waals surface area contributed by atoms with Gasteiger partial charge in [0.2, 0.25) is 0 Å². The van der Waals surface area contributed by atoms with Crippen molar-refractivity contribution in [1.29, 1.82) is 0 Å². The molecule has 100 valence electrons. The first-order chi connectivity index (χ1) is 9.22. The van der Waals surface area contributed by atoms with Crippen LogP contribution in [0.25, 0.3) is 0 Å².